The number of hydrogen-bond acceptors (Lipinski definition) is 6. The maximum atomic E-state index is 13.0. The van der Waals surface area contributed by atoms with E-state index < -0.39 is 10.0 Å². The molecule has 2 aliphatic heterocycles. The number of nitrogens with one attached hydrogen (secondary N) is 1. The molecule has 0 bridgehead atoms. The lowest BCUT2D eigenvalue weighted by Gasteiger charge is -2.34. The molecule has 1 saturated heterocycles. The summed E-state index contributed by atoms with van der Waals surface area (Å²) in [5, 5.41) is 4.50. The Morgan fingerprint density at radius 3 is 2.61 bits per heavy atom. The van der Waals surface area contributed by atoms with Gasteiger partial charge in [0.1, 0.15) is 5.75 Å². The van der Waals surface area contributed by atoms with E-state index in [9.17, 15) is 18.0 Å². The van der Waals surface area contributed by atoms with Crippen LogP contribution < -0.4 is 10.1 Å². The summed E-state index contributed by atoms with van der Waals surface area (Å²) in [6.45, 7) is 2.92. The van der Waals surface area contributed by atoms with Gasteiger partial charge in [-0.1, -0.05) is 0 Å². The zero-order chi connectivity index (χ0) is 19.9. The van der Waals surface area contributed by atoms with Crippen LogP contribution >= 0.6 is 11.3 Å². The number of carbonyl (C=O) groups is 2. The SMILES string of the molecule is Cc1ccsc1C(=O)N1CCN(S(=O)(=O)c2ccc3c(c2)NC(=O)CO3)CC1. The summed E-state index contributed by atoms with van der Waals surface area (Å²) in [5.74, 6) is 0.0662. The molecule has 1 fully saturated rings. The van der Waals surface area contributed by atoms with Gasteiger partial charge in [0.2, 0.25) is 10.0 Å². The molecular weight excluding hydrogens is 402 g/mol. The molecule has 0 unspecified atom stereocenters. The number of aryl methyl sites for hydroxylation is 1. The fraction of sp³-hybridized carbons (Fsp3) is 0.333. The monoisotopic (exact) mass is 421 g/mol. The van der Waals surface area contributed by atoms with Crippen LogP contribution in [0.1, 0.15) is 15.2 Å². The lowest BCUT2D eigenvalue weighted by Crippen LogP contribution is -2.50. The minimum absolute atomic E-state index is 0.0572. The molecule has 28 heavy (non-hydrogen) atoms. The van der Waals surface area contributed by atoms with Crippen LogP contribution in [0.5, 0.6) is 5.75 Å². The Labute approximate surface area is 166 Å². The van der Waals surface area contributed by atoms with Gasteiger partial charge in [-0.2, -0.15) is 4.31 Å². The molecule has 148 valence electrons. The lowest BCUT2D eigenvalue weighted by molar-refractivity contribution is -0.118. The van der Waals surface area contributed by atoms with Crippen LogP contribution in [-0.2, 0) is 14.8 Å². The third-order valence-corrected chi connectivity index (χ3v) is 7.70. The standard InChI is InChI=1S/C18H19N3O5S2/c1-12-4-9-27-17(12)18(23)20-5-7-21(8-6-20)28(24,25)13-2-3-15-14(10-13)19-16(22)11-26-15/h2-4,9-10H,5-8,11H2,1H3,(H,19,22). The van der Waals surface area contributed by atoms with Gasteiger partial charge in [0, 0.05) is 26.2 Å². The van der Waals surface area contributed by atoms with Crippen molar-refractivity contribution >= 4 is 38.9 Å². The van der Waals surface area contributed by atoms with Gasteiger partial charge < -0.3 is 15.0 Å². The minimum atomic E-state index is -3.73. The molecule has 2 amide bonds. The van der Waals surface area contributed by atoms with Crippen molar-refractivity contribution in [3.63, 3.8) is 0 Å². The first kappa shape index (κ1) is 18.9. The molecule has 3 heterocycles. The van der Waals surface area contributed by atoms with Crippen LogP contribution in [0.15, 0.2) is 34.5 Å². The van der Waals surface area contributed by atoms with Gasteiger partial charge in [-0.25, -0.2) is 8.42 Å². The number of sulfonamides is 1. The van der Waals surface area contributed by atoms with E-state index in [2.05, 4.69) is 5.32 Å². The molecule has 0 atom stereocenters. The van der Waals surface area contributed by atoms with E-state index >= 15 is 0 Å². The van der Waals surface area contributed by atoms with Crippen molar-refractivity contribution < 1.29 is 22.7 Å². The first-order chi connectivity index (χ1) is 13.4. The highest BCUT2D eigenvalue weighted by molar-refractivity contribution is 7.89. The van der Waals surface area contributed by atoms with E-state index in [1.807, 2.05) is 18.4 Å². The Bertz CT molecular complexity index is 1040. The van der Waals surface area contributed by atoms with Crippen LogP contribution in [-0.4, -0.2) is 62.2 Å². The van der Waals surface area contributed by atoms with Gasteiger partial charge in [-0.05, 0) is 42.1 Å². The van der Waals surface area contributed by atoms with Crippen molar-refractivity contribution in [3.8, 4) is 5.75 Å². The van der Waals surface area contributed by atoms with E-state index in [0.717, 1.165) is 5.56 Å². The zero-order valence-corrected chi connectivity index (χ0v) is 16.8. The van der Waals surface area contributed by atoms with E-state index in [1.165, 1.54) is 27.8 Å². The zero-order valence-electron chi connectivity index (χ0n) is 15.2. The minimum Gasteiger partial charge on any atom is -0.482 e. The van der Waals surface area contributed by atoms with Gasteiger partial charge in [-0.3, -0.25) is 9.59 Å². The van der Waals surface area contributed by atoms with Crippen LogP contribution in [0.2, 0.25) is 0 Å². The van der Waals surface area contributed by atoms with Crippen molar-refractivity contribution in [2.75, 3.05) is 38.1 Å². The van der Waals surface area contributed by atoms with Crippen LogP contribution in [0.4, 0.5) is 5.69 Å². The Hall–Kier alpha value is -2.43. The summed E-state index contributed by atoms with van der Waals surface area (Å²) in [5.41, 5.74) is 1.28. The highest BCUT2D eigenvalue weighted by Gasteiger charge is 2.32. The average molecular weight is 422 g/mol. The van der Waals surface area contributed by atoms with Crippen molar-refractivity contribution in [2.24, 2.45) is 0 Å². The first-order valence-corrected chi connectivity index (χ1v) is 11.1. The average Bonchev–Trinajstić information content (AvgIpc) is 3.12. The molecule has 0 saturated carbocycles. The van der Waals surface area contributed by atoms with Crippen molar-refractivity contribution in [3.05, 3.63) is 40.1 Å². The summed E-state index contributed by atoms with van der Waals surface area (Å²) in [4.78, 5) is 26.6. The van der Waals surface area contributed by atoms with Crippen molar-refractivity contribution in [1.82, 2.24) is 9.21 Å². The number of piperazine rings is 1. The number of benzene rings is 1. The number of thiophene rings is 1. The third kappa shape index (κ3) is 3.38. The molecule has 1 aromatic heterocycles. The van der Waals surface area contributed by atoms with E-state index in [-0.39, 0.29) is 36.4 Å². The molecule has 4 rings (SSSR count). The Balaban J connectivity index is 1.48. The first-order valence-electron chi connectivity index (χ1n) is 8.76. The summed E-state index contributed by atoms with van der Waals surface area (Å²) < 4.78 is 32.6. The van der Waals surface area contributed by atoms with Crippen molar-refractivity contribution in [1.29, 1.82) is 0 Å². The molecule has 1 aromatic carbocycles. The lowest BCUT2D eigenvalue weighted by atomic mass is 10.2. The number of rotatable bonds is 3. The summed E-state index contributed by atoms with van der Waals surface area (Å²) >= 11 is 1.40. The van der Waals surface area contributed by atoms with E-state index in [0.29, 0.717) is 29.4 Å². The molecular formula is C18H19N3O5S2. The second-order valence-electron chi connectivity index (χ2n) is 6.62. The fourth-order valence-electron chi connectivity index (χ4n) is 3.24. The molecule has 2 aliphatic rings. The van der Waals surface area contributed by atoms with Gasteiger partial charge in [-0.15, -0.1) is 11.3 Å². The van der Waals surface area contributed by atoms with Crippen LogP contribution in [0.25, 0.3) is 0 Å². The number of carbonyl (C=O) groups excluding carboxylic acids is 2. The van der Waals surface area contributed by atoms with Crippen molar-refractivity contribution in [2.45, 2.75) is 11.8 Å². The second-order valence-corrected chi connectivity index (χ2v) is 9.48. The number of fused-ring (bicyclic) bond motifs is 1. The largest absolute Gasteiger partial charge is 0.482 e. The van der Waals surface area contributed by atoms with Gasteiger partial charge in [0.05, 0.1) is 15.5 Å². The maximum absolute atomic E-state index is 13.0. The molecule has 10 heteroatoms. The van der Waals surface area contributed by atoms with Gasteiger partial charge in [0.25, 0.3) is 11.8 Å². The Morgan fingerprint density at radius 1 is 1.18 bits per heavy atom. The van der Waals surface area contributed by atoms with Crippen LogP contribution in [0, 0.1) is 6.92 Å². The van der Waals surface area contributed by atoms with E-state index in [4.69, 9.17) is 4.74 Å². The summed E-state index contributed by atoms with van der Waals surface area (Å²) in [6.07, 6.45) is 0. The van der Waals surface area contributed by atoms with Gasteiger partial charge in [0.15, 0.2) is 6.61 Å². The normalized spacial score (nSPS) is 17.6. The van der Waals surface area contributed by atoms with E-state index in [1.54, 1.807) is 11.0 Å². The maximum Gasteiger partial charge on any atom is 0.264 e. The number of anilines is 1. The second kappa shape index (κ2) is 7.19. The fourth-order valence-corrected chi connectivity index (χ4v) is 5.58. The smallest absolute Gasteiger partial charge is 0.264 e. The predicted molar refractivity (Wildman–Crippen MR) is 104 cm³/mol. The molecule has 2 aromatic rings. The predicted octanol–water partition coefficient (Wildman–Crippen LogP) is 1.53. The highest BCUT2D eigenvalue weighted by Crippen LogP contribution is 2.31. The molecule has 0 spiro atoms. The molecule has 1 N–H and O–H groups in total. The molecule has 0 aliphatic carbocycles. The quantitative estimate of drug-likeness (QED) is 0.811. The van der Waals surface area contributed by atoms with Gasteiger partial charge >= 0.3 is 0 Å². The summed E-state index contributed by atoms with van der Waals surface area (Å²) in [7, 11) is -3.73. The Morgan fingerprint density at radius 2 is 1.93 bits per heavy atom. The number of hydrogen-bond donors (Lipinski definition) is 1. The molecule has 8 nitrogen and oxygen atoms in total. The summed E-state index contributed by atoms with van der Waals surface area (Å²) in [6, 6.07) is 6.32. The highest BCUT2D eigenvalue weighted by atomic mass is 32.2. The number of amides is 2. The number of ether oxygens (including phenoxy) is 1. The Kier molecular flexibility index (Phi) is 4.86. The number of nitrogens with zero attached hydrogens (tertiary/aromatic N) is 2. The third-order valence-electron chi connectivity index (χ3n) is 4.80. The van der Waals surface area contributed by atoms with Crippen LogP contribution in [0.3, 0.4) is 0 Å². The molecule has 0 radical (unpaired) electrons. The topological polar surface area (TPSA) is 96.0 Å².